The maximum absolute atomic E-state index is 11.3. The summed E-state index contributed by atoms with van der Waals surface area (Å²) in [7, 11) is 0. The summed E-state index contributed by atoms with van der Waals surface area (Å²) in [5.74, 6) is -0.443. The van der Waals surface area contributed by atoms with E-state index in [0.29, 0.717) is 10.0 Å². The van der Waals surface area contributed by atoms with E-state index in [1.807, 2.05) is 13.8 Å². The van der Waals surface area contributed by atoms with Crippen molar-refractivity contribution < 1.29 is 9.72 Å². The van der Waals surface area contributed by atoms with Gasteiger partial charge in [0.25, 0.3) is 5.69 Å². The van der Waals surface area contributed by atoms with E-state index in [1.54, 1.807) is 12.1 Å². The minimum atomic E-state index is -0.511. The molecule has 1 aromatic carbocycles. The summed E-state index contributed by atoms with van der Waals surface area (Å²) in [5.41, 5.74) is 5.80. The minimum absolute atomic E-state index is 0.00820. The van der Waals surface area contributed by atoms with Crippen molar-refractivity contribution in [2.24, 2.45) is 11.7 Å². The first-order chi connectivity index (χ1) is 8.82. The van der Waals surface area contributed by atoms with E-state index in [2.05, 4.69) is 21.2 Å². The van der Waals surface area contributed by atoms with Gasteiger partial charge >= 0.3 is 0 Å². The Morgan fingerprint density at radius 2 is 2.16 bits per heavy atom. The van der Waals surface area contributed by atoms with Gasteiger partial charge in [-0.15, -0.1) is 0 Å². The van der Waals surface area contributed by atoms with Crippen LogP contribution < -0.4 is 11.1 Å². The highest BCUT2D eigenvalue weighted by molar-refractivity contribution is 9.10. The SMILES string of the molecule is CC(C)C(NCc1ccc(Br)cc1[N+](=O)[O-])C(N)=O. The van der Waals surface area contributed by atoms with Gasteiger partial charge in [0, 0.05) is 22.6 Å². The standard InChI is InChI=1S/C12H16BrN3O3/c1-7(2)11(12(14)17)15-6-8-3-4-9(13)5-10(8)16(18)19/h3-5,7,11,15H,6H2,1-2H3,(H2,14,17). The molecule has 1 atom stereocenters. The van der Waals surface area contributed by atoms with Gasteiger partial charge in [-0.1, -0.05) is 29.8 Å². The molecule has 0 saturated heterocycles. The van der Waals surface area contributed by atoms with E-state index >= 15 is 0 Å². The molecule has 104 valence electrons. The molecule has 0 aliphatic carbocycles. The second-order valence-electron chi connectivity index (χ2n) is 4.54. The quantitative estimate of drug-likeness (QED) is 0.615. The van der Waals surface area contributed by atoms with Crippen molar-refractivity contribution in [3.63, 3.8) is 0 Å². The zero-order valence-corrected chi connectivity index (χ0v) is 12.3. The number of hydrogen-bond donors (Lipinski definition) is 2. The monoisotopic (exact) mass is 329 g/mol. The van der Waals surface area contributed by atoms with Gasteiger partial charge in [-0.25, -0.2) is 0 Å². The first-order valence-corrected chi connectivity index (χ1v) is 6.57. The van der Waals surface area contributed by atoms with Gasteiger partial charge in [0.15, 0.2) is 0 Å². The van der Waals surface area contributed by atoms with Crippen molar-refractivity contribution >= 4 is 27.5 Å². The van der Waals surface area contributed by atoms with Gasteiger partial charge in [-0.05, 0) is 18.1 Å². The Hall–Kier alpha value is -1.47. The van der Waals surface area contributed by atoms with Gasteiger partial charge in [0.1, 0.15) is 0 Å². The molecule has 0 bridgehead atoms. The van der Waals surface area contributed by atoms with E-state index in [1.165, 1.54) is 6.07 Å². The Balaban J connectivity index is 2.88. The summed E-state index contributed by atoms with van der Waals surface area (Å²) in [6.07, 6.45) is 0. The van der Waals surface area contributed by atoms with E-state index in [4.69, 9.17) is 5.73 Å². The van der Waals surface area contributed by atoms with Crippen LogP contribution in [0.2, 0.25) is 0 Å². The van der Waals surface area contributed by atoms with Crippen molar-refractivity contribution in [1.82, 2.24) is 5.32 Å². The second-order valence-corrected chi connectivity index (χ2v) is 5.45. The van der Waals surface area contributed by atoms with Gasteiger partial charge in [0.05, 0.1) is 11.0 Å². The Labute approximate surface area is 119 Å². The number of nitro benzene ring substituents is 1. The number of nitrogens with zero attached hydrogens (tertiary/aromatic N) is 1. The van der Waals surface area contributed by atoms with Crippen molar-refractivity contribution in [3.05, 3.63) is 38.3 Å². The van der Waals surface area contributed by atoms with Crippen LogP contribution in [-0.4, -0.2) is 16.9 Å². The molecule has 0 aromatic heterocycles. The normalized spacial score (nSPS) is 12.4. The Morgan fingerprint density at radius 1 is 1.53 bits per heavy atom. The fraction of sp³-hybridized carbons (Fsp3) is 0.417. The fourth-order valence-electron chi connectivity index (χ4n) is 1.74. The third-order valence-electron chi connectivity index (χ3n) is 2.73. The molecule has 19 heavy (non-hydrogen) atoms. The molecule has 1 unspecified atom stereocenters. The lowest BCUT2D eigenvalue weighted by atomic mass is 10.0. The minimum Gasteiger partial charge on any atom is -0.368 e. The molecule has 1 aromatic rings. The van der Waals surface area contributed by atoms with Crippen LogP contribution in [0.4, 0.5) is 5.69 Å². The van der Waals surface area contributed by atoms with Crippen LogP contribution in [0.1, 0.15) is 19.4 Å². The van der Waals surface area contributed by atoms with Crippen LogP contribution >= 0.6 is 15.9 Å². The molecule has 6 nitrogen and oxygen atoms in total. The predicted octanol–water partition coefficient (Wildman–Crippen LogP) is 1.96. The lowest BCUT2D eigenvalue weighted by Crippen LogP contribution is -2.44. The zero-order valence-electron chi connectivity index (χ0n) is 10.7. The summed E-state index contributed by atoms with van der Waals surface area (Å²) >= 11 is 3.19. The molecule has 0 radical (unpaired) electrons. The maximum atomic E-state index is 11.3. The Kier molecular flexibility index (Phi) is 5.44. The van der Waals surface area contributed by atoms with Gasteiger partial charge in [0.2, 0.25) is 5.91 Å². The smallest absolute Gasteiger partial charge is 0.275 e. The first-order valence-electron chi connectivity index (χ1n) is 5.78. The average molecular weight is 330 g/mol. The lowest BCUT2D eigenvalue weighted by molar-refractivity contribution is -0.385. The topological polar surface area (TPSA) is 98.3 Å². The lowest BCUT2D eigenvalue weighted by Gasteiger charge is -2.18. The van der Waals surface area contributed by atoms with Gasteiger partial charge in [-0.2, -0.15) is 0 Å². The molecule has 7 heteroatoms. The van der Waals surface area contributed by atoms with E-state index in [-0.39, 0.29) is 18.2 Å². The highest BCUT2D eigenvalue weighted by Gasteiger charge is 2.21. The zero-order chi connectivity index (χ0) is 14.6. The highest BCUT2D eigenvalue weighted by Crippen LogP contribution is 2.23. The van der Waals surface area contributed by atoms with E-state index < -0.39 is 16.9 Å². The van der Waals surface area contributed by atoms with Crippen molar-refractivity contribution in [1.29, 1.82) is 0 Å². The number of carbonyl (C=O) groups excluding carboxylic acids is 1. The van der Waals surface area contributed by atoms with Crippen LogP contribution in [0, 0.1) is 16.0 Å². The molecule has 0 spiro atoms. The largest absolute Gasteiger partial charge is 0.368 e. The number of amides is 1. The maximum Gasteiger partial charge on any atom is 0.275 e. The fourth-order valence-corrected chi connectivity index (χ4v) is 2.09. The number of hydrogen-bond acceptors (Lipinski definition) is 4. The first kappa shape index (κ1) is 15.6. The van der Waals surface area contributed by atoms with Crippen LogP contribution in [0.15, 0.2) is 22.7 Å². The summed E-state index contributed by atoms with van der Waals surface area (Å²) in [6, 6.07) is 4.29. The van der Waals surface area contributed by atoms with E-state index in [9.17, 15) is 14.9 Å². The van der Waals surface area contributed by atoms with Crippen molar-refractivity contribution in [3.8, 4) is 0 Å². The molecule has 0 aliphatic rings. The molecule has 1 amide bonds. The molecule has 0 aliphatic heterocycles. The van der Waals surface area contributed by atoms with Crippen LogP contribution in [0.25, 0.3) is 0 Å². The number of nitrogens with one attached hydrogen (secondary N) is 1. The van der Waals surface area contributed by atoms with Crippen LogP contribution in [0.5, 0.6) is 0 Å². The second kappa shape index (κ2) is 6.63. The molecule has 0 saturated carbocycles. The molecule has 0 heterocycles. The number of nitro groups is 1. The summed E-state index contributed by atoms with van der Waals surface area (Å²) in [4.78, 5) is 21.8. The highest BCUT2D eigenvalue weighted by atomic mass is 79.9. The molecule has 1 rings (SSSR count). The van der Waals surface area contributed by atoms with Crippen LogP contribution in [-0.2, 0) is 11.3 Å². The van der Waals surface area contributed by atoms with E-state index in [0.717, 1.165) is 0 Å². The summed E-state index contributed by atoms with van der Waals surface area (Å²) < 4.78 is 0.637. The number of primary amides is 1. The number of rotatable bonds is 6. The average Bonchev–Trinajstić information content (AvgIpc) is 2.29. The number of nitrogens with two attached hydrogens (primary N) is 1. The number of halogens is 1. The third-order valence-corrected chi connectivity index (χ3v) is 3.22. The van der Waals surface area contributed by atoms with Crippen molar-refractivity contribution in [2.45, 2.75) is 26.4 Å². The summed E-state index contributed by atoms with van der Waals surface area (Å²) in [5, 5.41) is 13.9. The third kappa shape index (κ3) is 4.29. The van der Waals surface area contributed by atoms with Crippen LogP contribution in [0.3, 0.4) is 0 Å². The van der Waals surface area contributed by atoms with Gasteiger partial charge < -0.3 is 11.1 Å². The summed E-state index contributed by atoms with van der Waals surface area (Å²) in [6.45, 7) is 3.94. The number of carbonyl (C=O) groups is 1. The van der Waals surface area contributed by atoms with Gasteiger partial charge in [-0.3, -0.25) is 14.9 Å². The molecule has 0 fully saturated rings. The Bertz CT molecular complexity index is 491. The molecular weight excluding hydrogens is 314 g/mol. The Morgan fingerprint density at radius 3 is 2.63 bits per heavy atom. The molecule has 3 N–H and O–H groups in total. The number of benzene rings is 1. The molecular formula is C12H16BrN3O3. The predicted molar refractivity (Wildman–Crippen MR) is 75.5 cm³/mol. The van der Waals surface area contributed by atoms with Crippen molar-refractivity contribution in [2.75, 3.05) is 0 Å².